The van der Waals surface area contributed by atoms with E-state index in [9.17, 15) is 0 Å². The molecule has 1 nitrogen and oxygen atoms in total. The van der Waals surface area contributed by atoms with Crippen LogP contribution in [0.15, 0.2) is 229 Å². The second-order valence-electron chi connectivity index (χ2n) is 16.9. The number of fused-ring (bicyclic) bond motifs is 18. The molecule has 3 aliphatic carbocycles. The van der Waals surface area contributed by atoms with Gasteiger partial charge in [0.2, 0.25) is 0 Å². The average Bonchev–Trinajstić information content (AvgIpc) is 3.79. The van der Waals surface area contributed by atoms with Crippen molar-refractivity contribution in [3.63, 3.8) is 0 Å². The molecular weight excluding hydrogens is 735 g/mol. The van der Waals surface area contributed by atoms with Gasteiger partial charge < -0.3 is 0 Å². The maximum absolute atomic E-state index is 5.76. The van der Waals surface area contributed by atoms with Crippen molar-refractivity contribution in [2.75, 3.05) is 0 Å². The summed E-state index contributed by atoms with van der Waals surface area (Å²) >= 11 is 0. The molecule has 0 fully saturated rings. The molecule has 0 bridgehead atoms. The summed E-state index contributed by atoms with van der Waals surface area (Å²) in [5, 5.41) is 4.89. The van der Waals surface area contributed by atoms with Gasteiger partial charge in [-0.3, -0.25) is 4.99 Å². The van der Waals surface area contributed by atoms with Gasteiger partial charge in [-0.15, -0.1) is 0 Å². The van der Waals surface area contributed by atoms with E-state index in [-0.39, 0.29) is 6.04 Å². The third kappa shape index (κ3) is 4.58. The molecule has 2 spiro atoms. The minimum Gasteiger partial charge on any atom is -0.280 e. The lowest BCUT2D eigenvalue weighted by Gasteiger charge is -2.49. The van der Waals surface area contributed by atoms with Crippen molar-refractivity contribution in [2.24, 2.45) is 4.99 Å². The van der Waals surface area contributed by atoms with Crippen LogP contribution in [0, 0.1) is 0 Å². The molecule has 13 rings (SSSR count). The molecule has 0 amide bonds. The predicted octanol–water partition coefficient (Wildman–Crippen LogP) is 14.2. The van der Waals surface area contributed by atoms with Crippen LogP contribution in [0.25, 0.3) is 43.8 Å². The summed E-state index contributed by atoms with van der Waals surface area (Å²) in [4.78, 5) is 5.76. The largest absolute Gasteiger partial charge is 0.280 e. The van der Waals surface area contributed by atoms with E-state index in [4.69, 9.17) is 4.99 Å². The number of nitrogens with zero attached hydrogens (tertiary/aromatic N) is 1. The molecular formula is C60H39N. The molecule has 0 radical (unpaired) electrons. The van der Waals surface area contributed by atoms with Crippen LogP contribution in [0.2, 0.25) is 0 Å². The number of aliphatic imine (C=N–C) groups is 1. The van der Waals surface area contributed by atoms with Crippen molar-refractivity contribution >= 4 is 27.8 Å². The highest BCUT2D eigenvalue weighted by molar-refractivity contribution is 5.97. The number of benzene rings is 10. The Bertz CT molecular complexity index is 3290. The first-order valence-electron chi connectivity index (χ1n) is 21.4. The van der Waals surface area contributed by atoms with Crippen LogP contribution in [0.5, 0.6) is 0 Å². The maximum Gasteiger partial charge on any atom is 0.1000 e. The van der Waals surface area contributed by atoms with Crippen LogP contribution < -0.4 is 0 Å². The summed E-state index contributed by atoms with van der Waals surface area (Å²) in [6.45, 7) is 0. The highest BCUT2D eigenvalue weighted by Crippen LogP contribution is 2.67. The summed E-state index contributed by atoms with van der Waals surface area (Å²) in [6.07, 6.45) is 2.22. The van der Waals surface area contributed by atoms with Gasteiger partial charge in [0.25, 0.3) is 0 Å². The Morgan fingerprint density at radius 3 is 1.18 bits per heavy atom. The highest BCUT2D eigenvalue weighted by atomic mass is 14.8. The second-order valence-corrected chi connectivity index (χ2v) is 16.9. The summed E-state index contributed by atoms with van der Waals surface area (Å²) in [5.41, 5.74) is 18.1. The van der Waals surface area contributed by atoms with Gasteiger partial charge >= 0.3 is 0 Å². The van der Waals surface area contributed by atoms with Gasteiger partial charge in [-0.1, -0.05) is 212 Å². The molecule has 61 heavy (non-hydrogen) atoms. The van der Waals surface area contributed by atoms with Crippen molar-refractivity contribution in [3.8, 4) is 22.3 Å². The van der Waals surface area contributed by atoms with Gasteiger partial charge in [0.1, 0.15) is 0 Å². The van der Waals surface area contributed by atoms with E-state index in [2.05, 4.69) is 231 Å². The second kappa shape index (κ2) is 12.9. The molecule has 3 aliphatic rings. The van der Waals surface area contributed by atoms with Gasteiger partial charge in [-0.05, 0) is 117 Å². The Hall–Kier alpha value is -7.61. The molecule has 1 heteroatoms. The van der Waals surface area contributed by atoms with Crippen molar-refractivity contribution in [1.82, 2.24) is 0 Å². The zero-order chi connectivity index (χ0) is 40.1. The van der Waals surface area contributed by atoms with Gasteiger partial charge in [0.05, 0.1) is 16.9 Å². The molecule has 0 aromatic heterocycles. The zero-order valence-electron chi connectivity index (χ0n) is 33.5. The van der Waals surface area contributed by atoms with Gasteiger partial charge in [-0.2, -0.15) is 0 Å². The molecule has 0 atom stereocenters. The van der Waals surface area contributed by atoms with Crippen molar-refractivity contribution < 1.29 is 0 Å². The fourth-order valence-electron chi connectivity index (χ4n) is 11.7. The Morgan fingerprint density at radius 1 is 0.311 bits per heavy atom. The Kier molecular flexibility index (Phi) is 7.27. The zero-order valence-corrected chi connectivity index (χ0v) is 33.5. The standard InChI is InChI=1S/C60H39N/c1-3-18-41-36-43(34-32-39(41)16-1)58(44-35-33-40-17-2-4-19-42(40)37-44)61-38-45-20-15-31-56-57(45)60(52-27-11-7-23-48(52)49-24-8-12-28-53(49)60)55-30-14-13-29-54(55)59(56)50-25-9-5-21-46(50)47-22-6-10-26-51(47)59/h1-38,58H. The minimum atomic E-state index is -0.596. The maximum atomic E-state index is 5.76. The van der Waals surface area contributed by atoms with Crippen molar-refractivity contribution in [2.45, 2.75) is 16.9 Å². The van der Waals surface area contributed by atoms with Gasteiger partial charge in [-0.25, -0.2) is 0 Å². The summed E-state index contributed by atoms with van der Waals surface area (Å²) < 4.78 is 0. The lowest BCUT2D eigenvalue weighted by molar-refractivity contribution is 0.632. The van der Waals surface area contributed by atoms with Crippen LogP contribution >= 0.6 is 0 Å². The molecule has 10 aromatic carbocycles. The minimum absolute atomic E-state index is 0.234. The Balaban J connectivity index is 1.14. The summed E-state index contributed by atoms with van der Waals surface area (Å²) in [6, 6.07) is 83.5. The highest BCUT2D eigenvalue weighted by Gasteiger charge is 2.59. The van der Waals surface area contributed by atoms with E-state index in [0.29, 0.717) is 0 Å². The van der Waals surface area contributed by atoms with Crippen LogP contribution in [-0.4, -0.2) is 6.21 Å². The lowest BCUT2D eigenvalue weighted by atomic mass is 9.51. The monoisotopic (exact) mass is 773 g/mol. The Morgan fingerprint density at radius 2 is 0.689 bits per heavy atom. The van der Waals surface area contributed by atoms with Crippen molar-refractivity contribution in [1.29, 1.82) is 0 Å². The van der Waals surface area contributed by atoms with Crippen LogP contribution in [0.4, 0.5) is 0 Å². The van der Waals surface area contributed by atoms with E-state index < -0.39 is 10.8 Å². The van der Waals surface area contributed by atoms with E-state index in [1.807, 2.05) is 0 Å². The lowest BCUT2D eigenvalue weighted by Crippen LogP contribution is -2.44. The predicted molar refractivity (Wildman–Crippen MR) is 252 cm³/mol. The fourth-order valence-corrected chi connectivity index (χ4v) is 11.7. The first-order valence-corrected chi connectivity index (χ1v) is 21.4. The van der Waals surface area contributed by atoms with E-state index >= 15 is 0 Å². The average molecular weight is 774 g/mol. The molecule has 0 aliphatic heterocycles. The Labute approximate surface area is 356 Å². The molecule has 10 aromatic rings. The summed E-state index contributed by atoms with van der Waals surface area (Å²) in [5.74, 6) is 0. The van der Waals surface area contributed by atoms with Gasteiger partial charge in [0.15, 0.2) is 0 Å². The molecule has 0 saturated carbocycles. The fraction of sp³-hybridized carbons (Fsp3) is 0.0500. The normalized spacial score (nSPS) is 14.6. The molecule has 284 valence electrons. The molecule has 0 saturated heterocycles. The molecule has 0 heterocycles. The quantitative estimate of drug-likeness (QED) is 0.158. The number of hydrogen-bond donors (Lipinski definition) is 0. The first kappa shape index (κ1) is 34.3. The van der Waals surface area contributed by atoms with Crippen LogP contribution in [-0.2, 0) is 10.8 Å². The van der Waals surface area contributed by atoms with E-state index in [1.165, 1.54) is 99.4 Å². The summed E-state index contributed by atoms with van der Waals surface area (Å²) in [7, 11) is 0. The smallest absolute Gasteiger partial charge is 0.1000 e. The molecule has 0 unspecified atom stereocenters. The first-order chi connectivity index (χ1) is 30.3. The van der Waals surface area contributed by atoms with Gasteiger partial charge in [0, 0.05) is 6.21 Å². The van der Waals surface area contributed by atoms with E-state index in [1.54, 1.807) is 0 Å². The SMILES string of the molecule is C(=NC(c1ccc2ccccc2c1)c1ccc2ccccc2c1)c1cccc2c1C1(c3ccccc3-c3ccccc31)c1ccccc1C21c2ccccc2-c2ccccc21. The van der Waals surface area contributed by atoms with Crippen LogP contribution in [0.1, 0.15) is 67.2 Å². The third-order valence-corrected chi connectivity index (χ3v) is 14.1. The molecule has 0 N–H and O–H groups in total. The van der Waals surface area contributed by atoms with E-state index in [0.717, 1.165) is 5.56 Å². The van der Waals surface area contributed by atoms with Crippen molar-refractivity contribution in [3.05, 3.63) is 286 Å². The number of hydrogen-bond acceptors (Lipinski definition) is 1. The van der Waals surface area contributed by atoms with Crippen LogP contribution in [0.3, 0.4) is 0 Å². The number of rotatable bonds is 4. The third-order valence-electron chi connectivity index (χ3n) is 14.1. The topological polar surface area (TPSA) is 12.4 Å².